The average Bonchev–Trinajstić information content (AvgIpc) is 2.94. The van der Waals surface area contributed by atoms with E-state index in [9.17, 15) is 4.55 Å². The summed E-state index contributed by atoms with van der Waals surface area (Å²) in [4.78, 5) is 6.64. The van der Waals surface area contributed by atoms with E-state index in [1.165, 1.54) is 0 Å². The zero-order valence-corrected chi connectivity index (χ0v) is 14.8. The van der Waals surface area contributed by atoms with Gasteiger partial charge < -0.3 is 9.45 Å². The van der Waals surface area contributed by atoms with Crippen LogP contribution in [-0.4, -0.2) is 28.2 Å². The number of benzene rings is 2. The van der Waals surface area contributed by atoms with Gasteiger partial charge in [-0.15, -0.1) is 6.58 Å². The lowest BCUT2D eigenvalue weighted by atomic mass is 10.2. The van der Waals surface area contributed by atoms with Crippen molar-refractivity contribution < 1.29 is 4.55 Å². The van der Waals surface area contributed by atoms with Gasteiger partial charge in [0.25, 0.3) is 0 Å². The molecule has 0 fully saturated rings. The summed E-state index contributed by atoms with van der Waals surface area (Å²) in [6.07, 6.45) is 1.81. The summed E-state index contributed by atoms with van der Waals surface area (Å²) >= 11 is -1.23. The Hall–Kier alpha value is -2.24. The largest absolute Gasteiger partial charge is 0.609 e. The van der Waals surface area contributed by atoms with Gasteiger partial charge >= 0.3 is 5.16 Å². The first-order valence-corrected chi connectivity index (χ1v) is 9.13. The Labute approximate surface area is 145 Å². The fourth-order valence-corrected chi connectivity index (χ4v) is 4.08. The van der Waals surface area contributed by atoms with Gasteiger partial charge in [0, 0.05) is 43.1 Å². The molecule has 0 amide bonds. The molecule has 1 aromatic heterocycles. The Kier molecular flexibility index (Phi) is 4.92. The fraction of sp³-hybridized carbons (Fsp3) is 0.211. The molecule has 3 rings (SSSR count). The van der Waals surface area contributed by atoms with E-state index in [1.54, 1.807) is 0 Å². The van der Waals surface area contributed by atoms with E-state index in [-0.39, 0.29) is 0 Å². The van der Waals surface area contributed by atoms with Crippen molar-refractivity contribution in [1.82, 2.24) is 9.55 Å². The van der Waals surface area contributed by atoms with Crippen LogP contribution in [0.4, 0.5) is 5.69 Å². The highest BCUT2D eigenvalue weighted by atomic mass is 32.2. The number of aromatic nitrogens is 2. The molecule has 2 aromatic carbocycles. The van der Waals surface area contributed by atoms with Crippen molar-refractivity contribution >= 4 is 27.9 Å². The Balaban J connectivity index is 1.99. The maximum absolute atomic E-state index is 13.0. The SMILES string of the molecule is C=CCn1c([S+]([O-])Cc2ccccc2N(C)C)nc2ccccc21. The summed E-state index contributed by atoms with van der Waals surface area (Å²) in [6.45, 7) is 4.40. The lowest BCUT2D eigenvalue weighted by molar-refractivity contribution is 0.575. The minimum atomic E-state index is -1.23. The van der Waals surface area contributed by atoms with Gasteiger partial charge in [-0.2, -0.15) is 4.98 Å². The molecule has 5 heteroatoms. The van der Waals surface area contributed by atoms with Crippen LogP contribution in [0.15, 0.2) is 66.3 Å². The number of hydrogen-bond acceptors (Lipinski definition) is 3. The van der Waals surface area contributed by atoms with Crippen LogP contribution in [0.5, 0.6) is 0 Å². The highest BCUT2D eigenvalue weighted by Gasteiger charge is 2.23. The predicted octanol–water partition coefficient (Wildman–Crippen LogP) is 3.60. The number of para-hydroxylation sites is 3. The van der Waals surface area contributed by atoms with Crippen LogP contribution >= 0.6 is 0 Å². The summed E-state index contributed by atoms with van der Waals surface area (Å²) < 4.78 is 15.0. The van der Waals surface area contributed by atoms with Gasteiger partial charge in [-0.05, 0) is 18.2 Å². The van der Waals surface area contributed by atoms with E-state index < -0.39 is 11.2 Å². The van der Waals surface area contributed by atoms with Crippen LogP contribution in [0.25, 0.3) is 11.0 Å². The number of anilines is 1. The summed E-state index contributed by atoms with van der Waals surface area (Å²) in [7, 11) is 3.99. The number of rotatable bonds is 6. The zero-order chi connectivity index (χ0) is 17.1. The second kappa shape index (κ2) is 7.11. The van der Waals surface area contributed by atoms with E-state index in [1.807, 2.05) is 78.2 Å². The van der Waals surface area contributed by atoms with Crippen LogP contribution in [0.2, 0.25) is 0 Å². The molecule has 0 aliphatic heterocycles. The van der Waals surface area contributed by atoms with E-state index in [0.29, 0.717) is 17.5 Å². The van der Waals surface area contributed by atoms with Gasteiger partial charge in [0.05, 0.1) is 11.0 Å². The highest BCUT2D eigenvalue weighted by Crippen LogP contribution is 2.26. The van der Waals surface area contributed by atoms with E-state index in [0.717, 1.165) is 22.3 Å². The van der Waals surface area contributed by atoms with Gasteiger partial charge in [-0.3, -0.25) is 4.57 Å². The fourth-order valence-electron chi connectivity index (χ4n) is 2.81. The maximum atomic E-state index is 13.0. The van der Waals surface area contributed by atoms with Gasteiger partial charge in [0.1, 0.15) is 5.75 Å². The number of allylic oxidation sites excluding steroid dienone is 1. The molecular weight excluding hydrogens is 318 g/mol. The quantitative estimate of drug-likeness (QED) is 0.509. The van der Waals surface area contributed by atoms with Crippen LogP contribution in [0.1, 0.15) is 5.56 Å². The zero-order valence-electron chi connectivity index (χ0n) is 14.0. The molecule has 1 unspecified atom stereocenters. The van der Waals surface area contributed by atoms with Crippen LogP contribution in [0, 0.1) is 0 Å². The summed E-state index contributed by atoms with van der Waals surface area (Å²) in [5.41, 5.74) is 3.99. The second-order valence-corrected chi connectivity index (χ2v) is 7.14. The molecule has 4 nitrogen and oxygen atoms in total. The van der Waals surface area contributed by atoms with Gasteiger partial charge in [0.2, 0.25) is 0 Å². The van der Waals surface area contributed by atoms with Gasteiger partial charge in [0.15, 0.2) is 0 Å². The summed E-state index contributed by atoms with van der Waals surface area (Å²) in [6, 6.07) is 15.9. The van der Waals surface area contributed by atoms with Crippen LogP contribution < -0.4 is 4.90 Å². The normalized spacial score (nSPS) is 12.3. The number of fused-ring (bicyclic) bond motifs is 1. The smallest absolute Gasteiger partial charge is 0.324 e. The van der Waals surface area contributed by atoms with Crippen molar-refractivity contribution in [3.63, 3.8) is 0 Å². The first-order chi connectivity index (χ1) is 11.6. The molecule has 124 valence electrons. The number of hydrogen-bond donors (Lipinski definition) is 0. The Morgan fingerprint density at radius 1 is 1.17 bits per heavy atom. The third kappa shape index (κ3) is 3.18. The first-order valence-electron chi connectivity index (χ1n) is 7.81. The molecule has 0 saturated carbocycles. The topological polar surface area (TPSA) is 44.1 Å². The Morgan fingerprint density at radius 3 is 2.62 bits per heavy atom. The molecule has 24 heavy (non-hydrogen) atoms. The monoisotopic (exact) mass is 339 g/mol. The van der Waals surface area contributed by atoms with Crippen molar-refractivity contribution in [2.45, 2.75) is 17.5 Å². The standard InChI is InChI=1S/C19H21N3OS/c1-4-13-22-18-12-8-6-10-16(18)20-19(22)24(23)14-15-9-5-7-11-17(15)21(2)3/h4-12H,1,13-14H2,2-3H3. The molecule has 0 radical (unpaired) electrons. The molecule has 3 aromatic rings. The molecule has 0 aliphatic rings. The third-order valence-corrected chi connectivity index (χ3v) is 5.19. The molecular formula is C19H21N3OS. The first kappa shape index (κ1) is 16.6. The minimum absolute atomic E-state index is 0.439. The number of imidazole rings is 1. The van der Waals surface area contributed by atoms with E-state index >= 15 is 0 Å². The van der Waals surface area contributed by atoms with Gasteiger partial charge in [-0.25, -0.2) is 0 Å². The Bertz CT molecular complexity index is 857. The molecule has 0 N–H and O–H groups in total. The van der Waals surface area contributed by atoms with Gasteiger partial charge in [-0.1, -0.05) is 36.4 Å². The molecule has 0 spiro atoms. The lowest BCUT2D eigenvalue weighted by Gasteiger charge is -2.18. The summed E-state index contributed by atoms with van der Waals surface area (Å²) in [5, 5.41) is 0.602. The second-order valence-electron chi connectivity index (χ2n) is 5.80. The van der Waals surface area contributed by atoms with E-state index in [4.69, 9.17) is 0 Å². The molecule has 0 saturated heterocycles. The Morgan fingerprint density at radius 2 is 1.88 bits per heavy atom. The van der Waals surface area contributed by atoms with Crippen molar-refractivity contribution in [3.05, 3.63) is 66.7 Å². The lowest BCUT2D eigenvalue weighted by Crippen LogP contribution is -2.16. The average molecular weight is 339 g/mol. The maximum Gasteiger partial charge on any atom is 0.324 e. The number of nitrogens with zero attached hydrogens (tertiary/aromatic N) is 3. The molecule has 1 heterocycles. The van der Waals surface area contributed by atoms with Crippen LogP contribution in [-0.2, 0) is 23.5 Å². The van der Waals surface area contributed by atoms with Crippen molar-refractivity contribution in [2.24, 2.45) is 0 Å². The van der Waals surface area contributed by atoms with Crippen LogP contribution in [0.3, 0.4) is 0 Å². The van der Waals surface area contributed by atoms with Crippen molar-refractivity contribution in [2.75, 3.05) is 19.0 Å². The highest BCUT2D eigenvalue weighted by molar-refractivity contribution is 7.90. The third-order valence-electron chi connectivity index (χ3n) is 3.89. The van der Waals surface area contributed by atoms with Crippen molar-refractivity contribution in [1.29, 1.82) is 0 Å². The molecule has 0 aliphatic carbocycles. The van der Waals surface area contributed by atoms with E-state index in [2.05, 4.69) is 11.6 Å². The minimum Gasteiger partial charge on any atom is -0.609 e. The molecule has 0 bridgehead atoms. The predicted molar refractivity (Wildman–Crippen MR) is 101 cm³/mol. The molecule has 1 atom stereocenters. The summed E-state index contributed by atoms with van der Waals surface area (Å²) in [5.74, 6) is 0.439. The van der Waals surface area contributed by atoms with Crippen molar-refractivity contribution in [3.8, 4) is 0 Å².